The van der Waals surface area contributed by atoms with E-state index in [0.29, 0.717) is 28.8 Å². The third-order valence-electron chi connectivity index (χ3n) is 9.11. The number of piperidine rings is 1. The first-order valence-corrected chi connectivity index (χ1v) is 15.1. The van der Waals surface area contributed by atoms with E-state index in [2.05, 4.69) is 15.5 Å². The van der Waals surface area contributed by atoms with Gasteiger partial charge in [0.15, 0.2) is 0 Å². The molecule has 2 N–H and O–H groups in total. The number of likely N-dealkylation sites (tertiary alicyclic amines) is 2. The van der Waals surface area contributed by atoms with Gasteiger partial charge in [-0.15, -0.1) is 0 Å². The molecule has 210 valence electrons. The molecule has 2 bridgehead atoms. The quantitative estimate of drug-likeness (QED) is 0.480. The minimum Gasteiger partial charge on any atom is -0.359 e. The largest absolute Gasteiger partial charge is 0.359 e. The molecule has 1 saturated carbocycles. The van der Waals surface area contributed by atoms with Crippen molar-refractivity contribution in [3.8, 4) is 0 Å². The van der Waals surface area contributed by atoms with Gasteiger partial charge in [0.25, 0.3) is 0 Å². The molecule has 10 heteroatoms. The molecule has 5 aliphatic rings. The number of ether oxygens (including phenoxy) is 1. The van der Waals surface area contributed by atoms with Gasteiger partial charge in [-0.05, 0) is 57.0 Å². The molecule has 5 atom stereocenters. The molecule has 6 rings (SSSR count). The lowest BCUT2D eigenvalue weighted by Gasteiger charge is -2.35. The highest BCUT2D eigenvalue weighted by molar-refractivity contribution is 6.35. The molecule has 39 heavy (non-hydrogen) atoms. The second kappa shape index (κ2) is 11.0. The molecule has 1 spiro atoms. The van der Waals surface area contributed by atoms with Crippen molar-refractivity contribution in [2.45, 2.75) is 75.2 Å². The van der Waals surface area contributed by atoms with Crippen LogP contribution in [-0.4, -0.2) is 77.5 Å². The van der Waals surface area contributed by atoms with Crippen LogP contribution in [0, 0.1) is 11.8 Å². The maximum Gasteiger partial charge on any atom is 0.246 e. The van der Waals surface area contributed by atoms with Crippen molar-refractivity contribution in [1.29, 1.82) is 0 Å². The van der Waals surface area contributed by atoms with Crippen LogP contribution < -0.4 is 10.6 Å². The number of hydrogen-bond acceptors (Lipinski definition) is 5. The van der Waals surface area contributed by atoms with Crippen LogP contribution in [0.15, 0.2) is 30.4 Å². The molecule has 1 aliphatic carbocycles. The Labute approximate surface area is 239 Å². The van der Waals surface area contributed by atoms with Gasteiger partial charge in [0, 0.05) is 34.9 Å². The fourth-order valence-corrected chi connectivity index (χ4v) is 7.84. The molecule has 4 aliphatic heterocycles. The van der Waals surface area contributed by atoms with Gasteiger partial charge >= 0.3 is 0 Å². The lowest BCUT2D eigenvalue weighted by Crippen LogP contribution is -2.57. The van der Waals surface area contributed by atoms with E-state index in [-0.39, 0.29) is 23.8 Å². The zero-order valence-corrected chi connectivity index (χ0v) is 23.6. The number of nitrogens with one attached hydrogen (secondary N) is 2. The molecular formula is C29H36Cl2N4O4. The average Bonchev–Trinajstić information content (AvgIpc) is 3.55. The minimum absolute atomic E-state index is 0.106. The Morgan fingerprint density at radius 1 is 0.949 bits per heavy atom. The van der Waals surface area contributed by atoms with Crippen LogP contribution in [0.25, 0.3) is 0 Å². The van der Waals surface area contributed by atoms with Crippen LogP contribution in [0.3, 0.4) is 0 Å². The van der Waals surface area contributed by atoms with Crippen LogP contribution in [0.5, 0.6) is 0 Å². The van der Waals surface area contributed by atoms with Gasteiger partial charge in [0.1, 0.15) is 11.6 Å². The van der Waals surface area contributed by atoms with E-state index in [0.717, 1.165) is 51.6 Å². The maximum atomic E-state index is 14.1. The number of rotatable bonds is 7. The zero-order chi connectivity index (χ0) is 27.1. The lowest BCUT2D eigenvalue weighted by molar-refractivity contribution is -0.141. The third-order valence-corrected chi connectivity index (χ3v) is 9.55. The number of nitrogens with zero attached hydrogens (tertiary/aromatic N) is 2. The van der Waals surface area contributed by atoms with E-state index in [4.69, 9.17) is 27.9 Å². The van der Waals surface area contributed by atoms with Gasteiger partial charge in [0.05, 0.1) is 17.9 Å². The number of carbonyl (C=O) groups excluding carboxylic acids is 3. The summed E-state index contributed by atoms with van der Waals surface area (Å²) in [6, 6.07) is 4.13. The summed E-state index contributed by atoms with van der Waals surface area (Å²) in [7, 11) is 0. The van der Waals surface area contributed by atoms with Crippen molar-refractivity contribution >= 4 is 46.6 Å². The molecule has 3 saturated heterocycles. The van der Waals surface area contributed by atoms with Crippen LogP contribution in [0.2, 0.25) is 10.0 Å². The van der Waals surface area contributed by atoms with E-state index in [1.165, 1.54) is 12.8 Å². The number of carbonyl (C=O) groups is 3. The van der Waals surface area contributed by atoms with Gasteiger partial charge < -0.3 is 25.2 Å². The summed E-state index contributed by atoms with van der Waals surface area (Å²) in [4.78, 5) is 45.7. The molecule has 4 fully saturated rings. The fraction of sp³-hybridized carbons (Fsp3) is 0.621. The van der Waals surface area contributed by atoms with Gasteiger partial charge in [-0.2, -0.15) is 0 Å². The summed E-state index contributed by atoms with van der Waals surface area (Å²) < 4.78 is 6.46. The third kappa shape index (κ3) is 5.09. The van der Waals surface area contributed by atoms with Crippen molar-refractivity contribution in [1.82, 2.24) is 15.1 Å². The highest BCUT2D eigenvalue weighted by Gasteiger charge is 2.72. The molecule has 1 aromatic carbocycles. The van der Waals surface area contributed by atoms with E-state index in [1.807, 2.05) is 12.2 Å². The van der Waals surface area contributed by atoms with Gasteiger partial charge in [0.2, 0.25) is 17.7 Å². The maximum absolute atomic E-state index is 14.1. The highest BCUT2D eigenvalue weighted by Crippen LogP contribution is 2.55. The Morgan fingerprint density at radius 2 is 1.64 bits per heavy atom. The van der Waals surface area contributed by atoms with E-state index in [9.17, 15) is 14.4 Å². The van der Waals surface area contributed by atoms with Crippen molar-refractivity contribution < 1.29 is 19.1 Å². The number of anilines is 1. The molecule has 0 aromatic heterocycles. The number of fused-ring (bicyclic) bond motifs is 1. The first kappa shape index (κ1) is 27.1. The van der Waals surface area contributed by atoms with Crippen LogP contribution in [0.1, 0.15) is 51.4 Å². The van der Waals surface area contributed by atoms with Crippen molar-refractivity contribution in [2.75, 3.05) is 31.5 Å². The van der Waals surface area contributed by atoms with Crippen molar-refractivity contribution in [3.05, 3.63) is 40.4 Å². The zero-order valence-electron chi connectivity index (χ0n) is 22.0. The molecule has 8 nitrogen and oxygen atoms in total. The second-order valence-corrected chi connectivity index (χ2v) is 12.5. The van der Waals surface area contributed by atoms with Crippen molar-refractivity contribution in [3.63, 3.8) is 0 Å². The standard InChI is InChI=1S/C29H36Cl2N4O4/c30-18-15-19(31)17-21(16-18)33-26(36)23-22-9-10-29(39-22)24(23)28(38)35(14-13-34-11-5-2-6-12-34)25(29)27(37)32-20-7-3-1-4-8-20/h9-10,15-17,20,22-25H,1-8,11-14H2,(H,32,37)(H,33,36)/t22-,23?,24-,25?,29?/m0/s1. The van der Waals surface area contributed by atoms with Gasteiger partial charge in [-0.25, -0.2) is 0 Å². The highest BCUT2D eigenvalue weighted by atomic mass is 35.5. The first-order valence-electron chi connectivity index (χ1n) is 14.3. The molecule has 0 radical (unpaired) electrons. The fourth-order valence-electron chi connectivity index (χ4n) is 7.32. The van der Waals surface area contributed by atoms with Gasteiger partial charge in [-0.1, -0.05) is 61.0 Å². The second-order valence-electron chi connectivity index (χ2n) is 11.6. The SMILES string of the molecule is O=C(Nc1cc(Cl)cc(Cl)c1)C1[C@@H]2C=CC3(O2)C(C(=O)NC2CCCCC2)N(CCN2CCCCC2)C(=O)[C@H]13. The predicted molar refractivity (Wildman–Crippen MR) is 150 cm³/mol. The molecule has 3 unspecified atom stereocenters. The smallest absolute Gasteiger partial charge is 0.246 e. The Kier molecular flexibility index (Phi) is 7.66. The van der Waals surface area contributed by atoms with E-state index >= 15 is 0 Å². The number of amides is 3. The Morgan fingerprint density at radius 3 is 2.36 bits per heavy atom. The van der Waals surface area contributed by atoms with E-state index < -0.39 is 29.6 Å². The summed E-state index contributed by atoms with van der Waals surface area (Å²) in [5.74, 6) is -2.24. The number of benzene rings is 1. The predicted octanol–water partition coefficient (Wildman–Crippen LogP) is 4.02. The summed E-state index contributed by atoms with van der Waals surface area (Å²) in [5.41, 5.74) is -0.701. The Hall–Kier alpha value is -2.13. The average molecular weight is 576 g/mol. The van der Waals surface area contributed by atoms with E-state index in [1.54, 1.807) is 23.1 Å². The first-order chi connectivity index (χ1) is 18.9. The summed E-state index contributed by atoms with van der Waals surface area (Å²) in [6.07, 6.45) is 11.9. The molecular weight excluding hydrogens is 539 g/mol. The Balaban J connectivity index is 1.27. The topological polar surface area (TPSA) is 91.0 Å². The van der Waals surface area contributed by atoms with Gasteiger partial charge in [-0.3, -0.25) is 14.4 Å². The molecule has 1 aromatic rings. The summed E-state index contributed by atoms with van der Waals surface area (Å²) >= 11 is 12.3. The van der Waals surface area contributed by atoms with Crippen LogP contribution >= 0.6 is 23.2 Å². The minimum atomic E-state index is -1.16. The van der Waals surface area contributed by atoms with Crippen LogP contribution in [-0.2, 0) is 19.1 Å². The monoisotopic (exact) mass is 574 g/mol. The molecule has 3 amide bonds. The summed E-state index contributed by atoms with van der Waals surface area (Å²) in [6.45, 7) is 3.13. The lowest BCUT2D eigenvalue weighted by atomic mass is 9.74. The number of hydrogen-bond donors (Lipinski definition) is 2. The van der Waals surface area contributed by atoms with Crippen LogP contribution in [0.4, 0.5) is 5.69 Å². The normalized spacial score (nSPS) is 32.5. The van der Waals surface area contributed by atoms with Crippen molar-refractivity contribution in [2.24, 2.45) is 11.8 Å². The number of halogens is 2. The Bertz CT molecular complexity index is 1150. The summed E-state index contributed by atoms with van der Waals surface area (Å²) in [5, 5.41) is 6.94. The molecule has 4 heterocycles.